The summed E-state index contributed by atoms with van der Waals surface area (Å²) in [5.41, 5.74) is 9.14. The molecule has 3 rings (SSSR count). The third-order valence-electron chi connectivity index (χ3n) is 3.26. The van der Waals surface area contributed by atoms with E-state index in [4.69, 9.17) is 10.5 Å². The van der Waals surface area contributed by atoms with Crippen LogP contribution in [0.5, 0.6) is 0 Å². The molecule has 4 nitrogen and oxygen atoms in total. The highest BCUT2D eigenvalue weighted by molar-refractivity contribution is 5.84. The van der Waals surface area contributed by atoms with Gasteiger partial charge in [-0.3, -0.25) is 0 Å². The van der Waals surface area contributed by atoms with Gasteiger partial charge in [-0.2, -0.15) is 0 Å². The molecule has 0 atom stereocenters. The van der Waals surface area contributed by atoms with Crippen molar-refractivity contribution in [1.82, 2.24) is 4.98 Å². The largest absolute Gasteiger partial charge is 0.378 e. The second-order valence-electron chi connectivity index (χ2n) is 4.37. The van der Waals surface area contributed by atoms with E-state index in [0.29, 0.717) is 6.54 Å². The summed E-state index contributed by atoms with van der Waals surface area (Å²) in [6.07, 6.45) is 0. The van der Waals surface area contributed by atoms with E-state index in [-0.39, 0.29) is 0 Å². The minimum absolute atomic E-state index is 0.557. The van der Waals surface area contributed by atoms with Crippen molar-refractivity contribution in [3.63, 3.8) is 0 Å². The second-order valence-corrected chi connectivity index (χ2v) is 4.37. The van der Waals surface area contributed by atoms with E-state index in [1.54, 1.807) is 0 Å². The number of fused-ring (bicyclic) bond motifs is 1. The number of rotatable bonds is 2. The van der Waals surface area contributed by atoms with E-state index in [9.17, 15) is 0 Å². The third kappa shape index (κ3) is 2.01. The van der Waals surface area contributed by atoms with Gasteiger partial charge in [0.2, 0.25) is 0 Å². The Bertz CT molecular complexity index is 514. The summed E-state index contributed by atoms with van der Waals surface area (Å²) in [5.74, 6) is 0. The van der Waals surface area contributed by atoms with Crippen LogP contribution in [0.2, 0.25) is 0 Å². The minimum Gasteiger partial charge on any atom is -0.378 e. The third-order valence-corrected chi connectivity index (χ3v) is 3.26. The Hall–Kier alpha value is -1.52. The van der Waals surface area contributed by atoms with Crippen molar-refractivity contribution in [2.24, 2.45) is 5.73 Å². The quantitative estimate of drug-likeness (QED) is 0.822. The van der Waals surface area contributed by atoms with Gasteiger partial charge in [0.25, 0.3) is 0 Å². The summed E-state index contributed by atoms with van der Waals surface area (Å²) in [5, 5.41) is 1.23. The Morgan fingerprint density at radius 2 is 2.06 bits per heavy atom. The Kier molecular flexibility index (Phi) is 2.74. The number of aromatic amines is 1. The molecule has 0 unspecified atom stereocenters. The zero-order chi connectivity index (χ0) is 11.7. The van der Waals surface area contributed by atoms with Crippen LogP contribution < -0.4 is 10.6 Å². The number of H-pyrrole nitrogens is 1. The van der Waals surface area contributed by atoms with E-state index in [1.165, 1.54) is 11.1 Å². The number of nitrogens with two attached hydrogens (primary N) is 1. The number of anilines is 1. The van der Waals surface area contributed by atoms with Gasteiger partial charge in [0.15, 0.2) is 0 Å². The van der Waals surface area contributed by atoms with Gasteiger partial charge in [-0.05, 0) is 24.3 Å². The van der Waals surface area contributed by atoms with Crippen LogP contribution in [0, 0.1) is 0 Å². The zero-order valence-electron chi connectivity index (χ0n) is 9.78. The van der Waals surface area contributed by atoms with E-state index in [1.807, 2.05) is 0 Å². The monoisotopic (exact) mass is 231 g/mol. The molecular formula is C13H17N3O. The van der Waals surface area contributed by atoms with Crippen molar-refractivity contribution >= 4 is 16.6 Å². The lowest BCUT2D eigenvalue weighted by molar-refractivity contribution is 0.122. The fourth-order valence-electron chi connectivity index (χ4n) is 2.31. The summed E-state index contributed by atoms with van der Waals surface area (Å²) in [4.78, 5) is 5.67. The molecule has 90 valence electrons. The Balaban J connectivity index is 1.94. The van der Waals surface area contributed by atoms with Crippen LogP contribution in [0.25, 0.3) is 10.9 Å². The number of hydrogen-bond acceptors (Lipinski definition) is 3. The maximum Gasteiger partial charge on any atom is 0.0642 e. The molecule has 0 spiro atoms. The molecule has 0 radical (unpaired) electrons. The van der Waals surface area contributed by atoms with E-state index < -0.39 is 0 Å². The molecule has 1 fully saturated rings. The first-order chi connectivity index (χ1) is 8.36. The van der Waals surface area contributed by atoms with Crippen molar-refractivity contribution in [2.75, 3.05) is 31.2 Å². The molecule has 4 heteroatoms. The van der Waals surface area contributed by atoms with Gasteiger partial charge in [0, 0.05) is 41.9 Å². The second kappa shape index (κ2) is 4.39. The molecule has 0 amide bonds. The van der Waals surface area contributed by atoms with E-state index in [2.05, 4.69) is 34.1 Å². The lowest BCUT2D eigenvalue weighted by Crippen LogP contribution is -2.36. The molecule has 0 aliphatic carbocycles. The molecular weight excluding hydrogens is 214 g/mol. The molecule has 2 aromatic rings. The predicted octanol–water partition coefficient (Wildman–Crippen LogP) is 1.46. The smallest absolute Gasteiger partial charge is 0.0642 e. The first kappa shape index (κ1) is 10.6. The van der Waals surface area contributed by atoms with Crippen molar-refractivity contribution in [3.05, 3.63) is 30.0 Å². The summed E-state index contributed by atoms with van der Waals surface area (Å²) in [6, 6.07) is 8.62. The number of nitrogens with zero attached hydrogens (tertiary/aromatic N) is 1. The number of morpholine rings is 1. The fraction of sp³-hybridized carbons (Fsp3) is 0.385. The SMILES string of the molecule is NCc1cc2cc(N3CCOCC3)ccc2[nH]1. The van der Waals surface area contributed by atoms with Gasteiger partial charge < -0.3 is 20.4 Å². The van der Waals surface area contributed by atoms with Crippen LogP contribution in [0.4, 0.5) is 5.69 Å². The van der Waals surface area contributed by atoms with Crippen LogP contribution in [0.15, 0.2) is 24.3 Å². The average Bonchev–Trinajstić information content (AvgIpc) is 2.81. The predicted molar refractivity (Wildman–Crippen MR) is 69.2 cm³/mol. The number of benzene rings is 1. The van der Waals surface area contributed by atoms with E-state index in [0.717, 1.165) is 37.5 Å². The number of aromatic nitrogens is 1. The molecule has 2 heterocycles. The summed E-state index contributed by atoms with van der Waals surface area (Å²) in [7, 11) is 0. The summed E-state index contributed by atoms with van der Waals surface area (Å²) >= 11 is 0. The van der Waals surface area contributed by atoms with Crippen molar-refractivity contribution in [2.45, 2.75) is 6.54 Å². The molecule has 0 saturated carbocycles. The van der Waals surface area contributed by atoms with Crippen molar-refractivity contribution < 1.29 is 4.74 Å². The molecule has 17 heavy (non-hydrogen) atoms. The molecule has 1 aliphatic rings. The molecule has 1 aromatic heterocycles. The maximum atomic E-state index is 5.64. The Morgan fingerprint density at radius 1 is 1.24 bits per heavy atom. The lowest BCUT2D eigenvalue weighted by Gasteiger charge is -2.28. The van der Waals surface area contributed by atoms with Gasteiger partial charge in [0.1, 0.15) is 0 Å². The van der Waals surface area contributed by atoms with Crippen molar-refractivity contribution in [3.8, 4) is 0 Å². The van der Waals surface area contributed by atoms with Crippen LogP contribution in [0.1, 0.15) is 5.69 Å². The minimum atomic E-state index is 0.557. The fourth-order valence-corrected chi connectivity index (χ4v) is 2.31. The highest BCUT2D eigenvalue weighted by atomic mass is 16.5. The normalized spacial score (nSPS) is 16.6. The standard InChI is InChI=1S/C13H17N3O/c14-9-11-7-10-8-12(1-2-13(10)15-11)16-3-5-17-6-4-16/h1-2,7-8,15H,3-6,9,14H2. The van der Waals surface area contributed by atoms with E-state index >= 15 is 0 Å². The first-order valence-corrected chi connectivity index (χ1v) is 6.01. The van der Waals surface area contributed by atoms with Crippen LogP contribution >= 0.6 is 0 Å². The molecule has 0 bridgehead atoms. The first-order valence-electron chi connectivity index (χ1n) is 6.01. The lowest BCUT2D eigenvalue weighted by atomic mass is 10.2. The van der Waals surface area contributed by atoms with Crippen LogP contribution in [-0.2, 0) is 11.3 Å². The summed E-state index contributed by atoms with van der Waals surface area (Å²) in [6.45, 7) is 4.14. The van der Waals surface area contributed by atoms with Crippen LogP contribution in [0.3, 0.4) is 0 Å². The molecule has 3 N–H and O–H groups in total. The van der Waals surface area contributed by atoms with Crippen LogP contribution in [-0.4, -0.2) is 31.3 Å². The maximum absolute atomic E-state index is 5.64. The summed E-state index contributed by atoms with van der Waals surface area (Å²) < 4.78 is 5.37. The average molecular weight is 231 g/mol. The zero-order valence-corrected chi connectivity index (χ0v) is 9.78. The van der Waals surface area contributed by atoms with Gasteiger partial charge in [-0.1, -0.05) is 0 Å². The Labute approximate surface area is 100 Å². The number of nitrogens with one attached hydrogen (secondary N) is 1. The molecule has 1 aromatic carbocycles. The highest BCUT2D eigenvalue weighted by Crippen LogP contribution is 2.23. The Morgan fingerprint density at radius 3 is 2.82 bits per heavy atom. The van der Waals surface area contributed by atoms with Gasteiger partial charge >= 0.3 is 0 Å². The number of hydrogen-bond donors (Lipinski definition) is 2. The number of ether oxygens (including phenoxy) is 1. The van der Waals surface area contributed by atoms with Gasteiger partial charge in [-0.15, -0.1) is 0 Å². The van der Waals surface area contributed by atoms with Gasteiger partial charge in [0.05, 0.1) is 13.2 Å². The molecule has 1 saturated heterocycles. The molecule has 1 aliphatic heterocycles. The van der Waals surface area contributed by atoms with Crippen molar-refractivity contribution in [1.29, 1.82) is 0 Å². The highest BCUT2D eigenvalue weighted by Gasteiger charge is 2.11. The topological polar surface area (TPSA) is 54.3 Å². The van der Waals surface area contributed by atoms with Gasteiger partial charge in [-0.25, -0.2) is 0 Å².